The summed E-state index contributed by atoms with van der Waals surface area (Å²) in [4.78, 5) is 19.2. The van der Waals surface area contributed by atoms with Crippen LogP contribution in [0.3, 0.4) is 0 Å². The van der Waals surface area contributed by atoms with Crippen LogP contribution in [-0.2, 0) is 0 Å². The molecule has 0 aliphatic carbocycles. The van der Waals surface area contributed by atoms with Crippen molar-refractivity contribution in [3.63, 3.8) is 0 Å². The van der Waals surface area contributed by atoms with E-state index in [-0.39, 0.29) is 0 Å². The molecule has 0 saturated heterocycles. The third kappa shape index (κ3) is 1.70. The summed E-state index contributed by atoms with van der Waals surface area (Å²) in [5.74, 6) is -1.27. The lowest BCUT2D eigenvalue weighted by Gasteiger charge is -1.97. The SMILES string of the molecule is Cc1nc2nc(-c3ccc(F)c(F)c3)[nH]n2c1C=O. The maximum atomic E-state index is 13.2. The normalized spacial score (nSPS) is 11.1. The lowest BCUT2D eigenvalue weighted by molar-refractivity contribution is 0.111. The van der Waals surface area contributed by atoms with Gasteiger partial charge in [-0.15, -0.1) is 0 Å². The summed E-state index contributed by atoms with van der Waals surface area (Å²) in [7, 11) is 0. The molecule has 7 heteroatoms. The molecule has 0 atom stereocenters. The molecule has 0 unspecified atom stereocenters. The Morgan fingerprint density at radius 3 is 2.74 bits per heavy atom. The second kappa shape index (κ2) is 3.98. The molecule has 0 amide bonds. The van der Waals surface area contributed by atoms with Gasteiger partial charge in [-0.05, 0) is 25.1 Å². The number of nitrogens with zero attached hydrogens (tertiary/aromatic N) is 3. The fraction of sp³-hybridized carbons (Fsp3) is 0.0833. The van der Waals surface area contributed by atoms with Crippen LogP contribution >= 0.6 is 0 Å². The van der Waals surface area contributed by atoms with E-state index in [1.165, 1.54) is 10.6 Å². The minimum absolute atomic E-state index is 0.305. The van der Waals surface area contributed by atoms with E-state index in [1.54, 1.807) is 6.92 Å². The van der Waals surface area contributed by atoms with Crippen molar-refractivity contribution in [3.8, 4) is 11.4 Å². The Morgan fingerprint density at radius 1 is 1.26 bits per heavy atom. The zero-order valence-electron chi connectivity index (χ0n) is 9.82. The summed E-state index contributed by atoms with van der Waals surface area (Å²) in [6, 6.07) is 3.44. The van der Waals surface area contributed by atoms with Gasteiger partial charge >= 0.3 is 0 Å². The Hall–Kier alpha value is -2.57. The summed E-state index contributed by atoms with van der Waals surface area (Å²) in [5, 5.41) is 2.82. The fourth-order valence-corrected chi connectivity index (χ4v) is 1.85. The number of fused-ring (bicyclic) bond motifs is 1. The number of hydrogen-bond acceptors (Lipinski definition) is 3. The predicted octanol–water partition coefficient (Wildman–Crippen LogP) is 2.12. The first-order chi connectivity index (χ1) is 9.10. The van der Waals surface area contributed by atoms with Crippen molar-refractivity contribution < 1.29 is 13.6 Å². The molecule has 2 heterocycles. The summed E-state index contributed by atoms with van der Waals surface area (Å²) in [6.45, 7) is 1.68. The molecule has 3 rings (SSSR count). The van der Waals surface area contributed by atoms with Crippen molar-refractivity contribution in [1.82, 2.24) is 19.6 Å². The number of carbonyl (C=O) groups excluding carboxylic acids is 1. The minimum Gasteiger partial charge on any atom is -0.296 e. The monoisotopic (exact) mass is 262 g/mol. The van der Waals surface area contributed by atoms with E-state index >= 15 is 0 Å². The number of nitrogens with one attached hydrogen (secondary N) is 1. The highest BCUT2D eigenvalue weighted by molar-refractivity contribution is 5.76. The van der Waals surface area contributed by atoms with Gasteiger partial charge in [-0.3, -0.25) is 9.89 Å². The number of H-pyrrole nitrogens is 1. The van der Waals surface area contributed by atoms with Crippen LogP contribution in [0.4, 0.5) is 8.78 Å². The molecule has 0 aliphatic heterocycles. The van der Waals surface area contributed by atoms with Crippen LogP contribution in [0.1, 0.15) is 16.2 Å². The number of aromatic nitrogens is 4. The highest BCUT2D eigenvalue weighted by Crippen LogP contribution is 2.20. The van der Waals surface area contributed by atoms with E-state index in [2.05, 4.69) is 15.1 Å². The largest absolute Gasteiger partial charge is 0.296 e. The van der Waals surface area contributed by atoms with Gasteiger partial charge in [-0.2, -0.15) is 4.98 Å². The average molecular weight is 262 g/mol. The van der Waals surface area contributed by atoms with E-state index < -0.39 is 11.6 Å². The maximum absolute atomic E-state index is 13.2. The topological polar surface area (TPSA) is 63.1 Å². The van der Waals surface area contributed by atoms with Gasteiger partial charge in [-0.25, -0.2) is 18.3 Å². The Kier molecular flexibility index (Phi) is 2.41. The Bertz CT molecular complexity index is 790. The lowest BCUT2D eigenvalue weighted by atomic mass is 10.2. The molecule has 0 saturated carbocycles. The number of imidazole rings is 1. The molecule has 0 fully saturated rings. The van der Waals surface area contributed by atoms with Gasteiger partial charge in [0.1, 0.15) is 5.69 Å². The van der Waals surface area contributed by atoms with Gasteiger partial charge in [0, 0.05) is 5.56 Å². The molecule has 0 bridgehead atoms. The van der Waals surface area contributed by atoms with E-state index in [0.29, 0.717) is 34.8 Å². The highest BCUT2D eigenvalue weighted by atomic mass is 19.2. The minimum atomic E-state index is -0.960. The van der Waals surface area contributed by atoms with Gasteiger partial charge in [0.15, 0.2) is 23.7 Å². The van der Waals surface area contributed by atoms with Gasteiger partial charge in [0.05, 0.1) is 5.69 Å². The second-order valence-corrected chi connectivity index (χ2v) is 4.04. The summed E-state index contributed by atoms with van der Waals surface area (Å²) in [6.07, 6.45) is 0.655. The van der Waals surface area contributed by atoms with Gasteiger partial charge < -0.3 is 0 Å². The van der Waals surface area contributed by atoms with Crippen molar-refractivity contribution in [1.29, 1.82) is 0 Å². The van der Waals surface area contributed by atoms with Crippen LogP contribution in [0.25, 0.3) is 17.2 Å². The van der Waals surface area contributed by atoms with Crippen molar-refractivity contribution in [3.05, 3.63) is 41.2 Å². The molecular formula is C12H8F2N4O. The predicted molar refractivity (Wildman–Crippen MR) is 62.8 cm³/mol. The summed E-state index contributed by atoms with van der Waals surface area (Å²) < 4.78 is 27.4. The first-order valence-corrected chi connectivity index (χ1v) is 5.46. The molecule has 3 aromatic rings. The standard InChI is InChI=1S/C12H8F2N4O/c1-6-10(5-19)18-12(15-6)16-11(17-18)7-2-3-8(13)9(14)4-7/h2-5H,1H3,(H,15,16,17). The molecule has 0 spiro atoms. The number of rotatable bonds is 2. The molecule has 2 aromatic heterocycles. The maximum Gasteiger partial charge on any atom is 0.251 e. The highest BCUT2D eigenvalue weighted by Gasteiger charge is 2.14. The van der Waals surface area contributed by atoms with Crippen LogP contribution in [0.15, 0.2) is 18.2 Å². The smallest absolute Gasteiger partial charge is 0.251 e. The van der Waals surface area contributed by atoms with Crippen LogP contribution in [0.5, 0.6) is 0 Å². The van der Waals surface area contributed by atoms with E-state index in [9.17, 15) is 13.6 Å². The Labute approximate surface area is 105 Å². The van der Waals surface area contributed by atoms with Crippen LogP contribution < -0.4 is 0 Å². The number of carbonyl (C=O) groups is 1. The van der Waals surface area contributed by atoms with Crippen molar-refractivity contribution in [2.24, 2.45) is 0 Å². The van der Waals surface area contributed by atoms with Crippen LogP contribution in [0.2, 0.25) is 0 Å². The Morgan fingerprint density at radius 2 is 2.05 bits per heavy atom. The third-order valence-electron chi connectivity index (χ3n) is 2.81. The molecule has 1 aromatic carbocycles. The number of aromatic amines is 1. The van der Waals surface area contributed by atoms with E-state index in [4.69, 9.17) is 0 Å². The number of benzene rings is 1. The van der Waals surface area contributed by atoms with Gasteiger partial charge in [0.25, 0.3) is 5.78 Å². The molecule has 1 N–H and O–H groups in total. The lowest BCUT2D eigenvalue weighted by Crippen LogP contribution is -1.94. The van der Waals surface area contributed by atoms with Crippen LogP contribution in [0, 0.1) is 18.6 Å². The second-order valence-electron chi connectivity index (χ2n) is 4.04. The van der Waals surface area contributed by atoms with Crippen molar-refractivity contribution >= 4 is 12.1 Å². The summed E-state index contributed by atoms with van der Waals surface area (Å²) in [5.41, 5.74) is 1.26. The molecule has 0 radical (unpaired) electrons. The molecule has 0 aliphatic rings. The van der Waals surface area contributed by atoms with Crippen molar-refractivity contribution in [2.45, 2.75) is 6.92 Å². The van der Waals surface area contributed by atoms with E-state index in [1.807, 2.05) is 0 Å². The zero-order chi connectivity index (χ0) is 13.6. The quantitative estimate of drug-likeness (QED) is 0.719. The average Bonchev–Trinajstić information content (AvgIpc) is 2.89. The van der Waals surface area contributed by atoms with Crippen molar-refractivity contribution in [2.75, 3.05) is 0 Å². The van der Waals surface area contributed by atoms with Gasteiger partial charge in [-0.1, -0.05) is 0 Å². The third-order valence-corrected chi connectivity index (χ3v) is 2.81. The number of aldehydes is 1. The van der Waals surface area contributed by atoms with Crippen LogP contribution in [-0.4, -0.2) is 25.9 Å². The molecular weight excluding hydrogens is 254 g/mol. The summed E-state index contributed by atoms with van der Waals surface area (Å²) >= 11 is 0. The fourth-order valence-electron chi connectivity index (χ4n) is 1.85. The molecule has 96 valence electrons. The first-order valence-electron chi connectivity index (χ1n) is 5.46. The number of hydrogen-bond donors (Lipinski definition) is 1. The number of aryl methyl sites for hydroxylation is 1. The van der Waals surface area contributed by atoms with Gasteiger partial charge in [0.2, 0.25) is 0 Å². The molecule has 19 heavy (non-hydrogen) atoms. The first kappa shape index (κ1) is 11.5. The van der Waals surface area contributed by atoms with E-state index in [0.717, 1.165) is 12.1 Å². The Balaban J connectivity index is 2.17. The molecule has 5 nitrogen and oxygen atoms in total. The number of halogens is 2. The zero-order valence-corrected chi connectivity index (χ0v) is 9.82.